The number of nitrogens with zero attached hydrogens (tertiary/aromatic N) is 1. The Morgan fingerprint density at radius 3 is 2.35 bits per heavy atom. The molecule has 0 aromatic heterocycles. The van der Waals surface area contributed by atoms with Crippen LogP contribution in [0.4, 0.5) is 11.4 Å². The highest BCUT2D eigenvalue weighted by atomic mass is 16.2. The highest BCUT2D eigenvalue weighted by molar-refractivity contribution is 5.96. The molecule has 0 spiro atoms. The SMILES string of the molecule is CC(C)c1cccc(N[C@@H](C)C(=O)Nc2ccc(C#N)cc2)c1. The van der Waals surface area contributed by atoms with Gasteiger partial charge in [0.05, 0.1) is 11.6 Å². The minimum atomic E-state index is -0.368. The number of benzene rings is 2. The normalized spacial score (nSPS) is 11.6. The number of amides is 1. The van der Waals surface area contributed by atoms with E-state index in [1.165, 1.54) is 5.56 Å². The summed E-state index contributed by atoms with van der Waals surface area (Å²) >= 11 is 0. The van der Waals surface area contributed by atoms with E-state index in [1.54, 1.807) is 24.3 Å². The summed E-state index contributed by atoms with van der Waals surface area (Å²) in [6.45, 7) is 6.10. The van der Waals surface area contributed by atoms with E-state index < -0.39 is 0 Å². The summed E-state index contributed by atoms with van der Waals surface area (Å²) in [4.78, 5) is 12.3. The third-order valence-electron chi connectivity index (χ3n) is 3.61. The van der Waals surface area contributed by atoms with Crippen LogP contribution in [0.5, 0.6) is 0 Å². The first kappa shape index (κ1) is 16.6. The molecule has 0 fully saturated rings. The molecule has 2 aromatic rings. The molecule has 0 aliphatic carbocycles. The van der Waals surface area contributed by atoms with Gasteiger partial charge in [-0.25, -0.2) is 0 Å². The molecule has 23 heavy (non-hydrogen) atoms. The Hall–Kier alpha value is -2.80. The summed E-state index contributed by atoms with van der Waals surface area (Å²) in [6.07, 6.45) is 0. The van der Waals surface area contributed by atoms with Crippen molar-refractivity contribution in [3.63, 3.8) is 0 Å². The van der Waals surface area contributed by atoms with E-state index in [9.17, 15) is 4.79 Å². The standard InChI is InChI=1S/C19H21N3O/c1-13(2)16-5-4-6-18(11-16)21-14(3)19(23)22-17-9-7-15(12-20)8-10-17/h4-11,13-14,21H,1-3H3,(H,22,23)/t14-/m0/s1. The van der Waals surface area contributed by atoms with Crippen molar-refractivity contribution in [2.24, 2.45) is 0 Å². The van der Waals surface area contributed by atoms with Crippen LogP contribution in [0.25, 0.3) is 0 Å². The van der Waals surface area contributed by atoms with E-state index in [0.29, 0.717) is 17.2 Å². The van der Waals surface area contributed by atoms with Crippen molar-refractivity contribution in [2.75, 3.05) is 10.6 Å². The van der Waals surface area contributed by atoms with E-state index in [4.69, 9.17) is 5.26 Å². The Kier molecular flexibility index (Phi) is 5.37. The monoisotopic (exact) mass is 307 g/mol. The Balaban J connectivity index is 1.99. The summed E-state index contributed by atoms with van der Waals surface area (Å²) in [5.74, 6) is 0.323. The van der Waals surface area contributed by atoms with Crippen LogP contribution in [-0.2, 0) is 4.79 Å². The van der Waals surface area contributed by atoms with Crippen molar-refractivity contribution in [1.29, 1.82) is 5.26 Å². The minimum absolute atomic E-state index is 0.121. The Labute approximate surface area is 137 Å². The number of nitrogens with one attached hydrogen (secondary N) is 2. The molecule has 2 rings (SSSR count). The number of carbonyl (C=O) groups is 1. The Bertz CT molecular complexity index is 714. The van der Waals surface area contributed by atoms with E-state index in [0.717, 1.165) is 5.69 Å². The largest absolute Gasteiger partial charge is 0.374 e. The number of carbonyl (C=O) groups excluding carboxylic acids is 1. The zero-order valence-corrected chi connectivity index (χ0v) is 13.6. The van der Waals surface area contributed by atoms with Crippen LogP contribution < -0.4 is 10.6 Å². The molecule has 2 N–H and O–H groups in total. The predicted octanol–water partition coefficient (Wildman–Crippen LogP) is 4.12. The number of rotatable bonds is 5. The highest BCUT2D eigenvalue weighted by Crippen LogP contribution is 2.19. The van der Waals surface area contributed by atoms with Gasteiger partial charge in [-0.15, -0.1) is 0 Å². The number of hydrogen-bond donors (Lipinski definition) is 2. The minimum Gasteiger partial charge on any atom is -0.374 e. The van der Waals surface area contributed by atoms with Crippen molar-refractivity contribution >= 4 is 17.3 Å². The van der Waals surface area contributed by atoms with Crippen LogP contribution in [-0.4, -0.2) is 11.9 Å². The maximum absolute atomic E-state index is 12.3. The van der Waals surface area contributed by atoms with Gasteiger partial charge < -0.3 is 10.6 Å². The molecule has 4 nitrogen and oxygen atoms in total. The fourth-order valence-electron chi connectivity index (χ4n) is 2.18. The average Bonchev–Trinajstić information content (AvgIpc) is 2.55. The molecule has 4 heteroatoms. The molecule has 0 aliphatic rings. The maximum atomic E-state index is 12.3. The average molecular weight is 307 g/mol. The summed E-state index contributed by atoms with van der Waals surface area (Å²) in [6, 6.07) is 16.6. The summed E-state index contributed by atoms with van der Waals surface area (Å²) < 4.78 is 0. The first-order chi connectivity index (χ1) is 11.0. The van der Waals surface area contributed by atoms with Gasteiger partial charge in [0.1, 0.15) is 6.04 Å². The van der Waals surface area contributed by atoms with Gasteiger partial charge in [0.15, 0.2) is 0 Å². The molecule has 0 unspecified atom stereocenters. The lowest BCUT2D eigenvalue weighted by atomic mass is 10.0. The second-order valence-electron chi connectivity index (χ2n) is 5.82. The molecule has 1 amide bonds. The molecular formula is C19H21N3O. The van der Waals surface area contributed by atoms with Crippen molar-refractivity contribution in [3.8, 4) is 6.07 Å². The molecule has 0 saturated heterocycles. The molecule has 0 saturated carbocycles. The van der Waals surface area contributed by atoms with Crippen LogP contribution in [0.3, 0.4) is 0 Å². The first-order valence-electron chi connectivity index (χ1n) is 7.67. The Morgan fingerprint density at radius 1 is 1.04 bits per heavy atom. The van der Waals surface area contributed by atoms with Crippen molar-refractivity contribution in [1.82, 2.24) is 0 Å². The zero-order valence-electron chi connectivity index (χ0n) is 13.6. The van der Waals surface area contributed by atoms with Gasteiger partial charge in [0.25, 0.3) is 0 Å². The fourth-order valence-corrected chi connectivity index (χ4v) is 2.18. The van der Waals surface area contributed by atoms with E-state index in [1.807, 2.05) is 19.1 Å². The molecule has 0 radical (unpaired) electrons. The van der Waals surface area contributed by atoms with Crippen LogP contribution in [0.15, 0.2) is 48.5 Å². The van der Waals surface area contributed by atoms with Crippen molar-refractivity contribution < 1.29 is 4.79 Å². The van der Waals surface area contributed by atoms with Gasteiger partial charge in [-0.2, -0.15) is 5.26 Å². The number of nitriles is 1. The Morgan fingerprint density at radius 2 is 1.74 bits per heavy atom. The molecule has 2 aromatic carbocycles. The smallest absolute Gasteiger partial charge is 0.246 e. The van der Waals surface area contributed by atoms with Crippen molar-refractivity contribution in [3.05, 3.63) is 59.7 Å². The van der Waals surface area contributed by atoms with Gasteiger partial charge in [-0.3, -0.25) is 4.79 Å². The van der Waals surface area contributed by atoms with Gasteiger partial charge in [0.2, 0.25) is 5.91 Å². The molecule has 1 atom stereocenters. The predicted molar refractivity (Wildman–Crippen MR) is 93.4 cm³/mol. The molecule has 0 aliphatic heterocycles. The highest BCUT2D eigenvalue weighted by Gasteiger charge is 2.13. The summed E-state index contributed by atoms with van der Waals surface area (Å²) in [5.41, 5.74) is 3.41. The van der Waals surface area contributed by atoms with E-state index >= 15 is 0 Å². The van der Waals surface area contributed by atoms with Gasteiger partial charge >= 0.3 is 0 Å². The topological polar surface area (TPSA) is 64.9 Å². The van der Waals surface area contributed by atoms with Gasteiger partial charge in [-0.05, 0) is 54.8 Å². The first-order valence-corrected chi connectivity index (χ1v) is 7.67. The molecule has 0 bridgehead atoms. The van der Waals surface area contributed by atoms with Crippen LogP contribution in [0, 0.1) is 11.3 Å². The van der Waals surface area contributed by atoms with Crippen LogP contribution in [0.1, 0.15) is 37.8 Å². The van der Waals surface area contributed by atoms with Crippen LogP contribution in [0.2, 0.25) is 0 Å². The third kappa shape index (κ3) is 4.58. The maximum Gasteiger partial charge on any atom is 0.246 e. The second kappa shape index (κ2) is 7.46. The quantitative estimate of drug-likeness (QED) is 0.873. The number of hydrogen-bond acceptors (Lipinski definition) is 3. The summed E-state index contributed by atoms with van der Waals surface area (Å²) in [7, 11) is 0. The zero-order chi connectivity index (χ0) is 16.8. The van der Waals surface area contributed by atoms with Gasteiger partial charge in [-0.1, -0.05) is 26.0 Å². The fraction of sp³-hybridized carbons (Fsp3) is 0.263. The lowest BCUT2D eigenvalue weighted by Gasteiger charge is -2.16. The van der Waals surface area contributed by atoms with Crippen LogP contribution >= 0.6 is 0 Å². The third-order valence-corrected chi connectivity index (χ3v) is 3.61. The van der Waals surface area contributed by atoms with Crippen molar-refractivity contribution in [2.45, 2.75) is 32.7 Å². The second-order valence-corrected chi connectivity index (χ2v) is 5.82. The summed E-state index contributed by atoms with van der Waals surface area (Å²) in [5, 5.41) is 14.8. The molecule has 118 valence electrons. The van der Waals surface area contributed by atoms with Gasteiger partial charge in [0, 0.05) is 11.4 Å². The lowest BCUT2D eigenvalue weighted by Crippen LogP contribution is -2.31. The number of anilines is 2. The lowest BCUT2D eigenvalue weighted by molar-refractivity contribution is -0.116. The molecular weight excluding hydrogens is 286 g/mol. The molecule has 0 heterocycles. The van der Waals surface area contributed by atoms with E-state index in [2.05, 4.69) is 42.7 Å². The van der Waals surface area contributed by atoms with E-state index in [-0.39, 0.29) is 11.9 Å².